The molecule has 1 aromatic carbocycles. The van der Waals surface area contributed by atoms with Crippen LogP contribution in [0.2, 0.25) is 0 Å². The number of nitrogens with zero attached hydrogens (tertiary/aromatic N) is 1. The molecule has 24 heavy (non-hydrogen) atoms. The SMILES string of the molecule is CCC1(CC)CCCN(C(=O)CCc2ccccc2C(=O)O)CC1. The molecule has 0 bridgehead atoms. The molecule has 132 valence electrons. The summed E-state index contributed by atoms with van der Waals surface area (Å²) in [6.45, 7) is 6.18. The Kier molecular flexibility index (Phi) is 6.41. The summed E-state index contributed by atoms with van der Waals surface area (Å²) in [5.41, 5.74) is 1.44. The average molecular weight is 331 g/mol. The van der Waals surface area contributed by atoms with Gasteiger partial charge in [0.15, 0.2) is 0 Å². The zero-order valence-corrected chi connectivity index (χ0v) is 14.9. The van der Waals surface area contributed by atoms with E-state index in [0.717, 1.165) is 31.5 Å². The second-order valence-electron chi connectivity index (χ2n) is 6.90. The van der Waals surface area contributed by atoms with Crippen molar-refractivity contribution in [1.29, 1.82) is 0 Å². The molecule has 4 heteroatoms. The van der Waals surface area contributed by atoms with Gasteiger partial charge in [0.2, 0.25) is 5.91 Å². The minimum Gasteiger partial charge on any atom is -0.478 e. The standard InChI is InChI=1S/C20H29NO3/c1-3-20(4-2)12-7-14-21(15-13-20)18(22)11-10-16-8-5-6-9-17(16)19(23)24/h5-6,8-9H,3-4,7,10-15H2,1-2H3,(H,23,24). The number of rotatable bonds is 6. The monoisotopic (exact) mass is 331 g/mol. The number of carbonyl (C=O) groups is 2. The largest absolute Gasteiger partial charge is 0.478 e. The molecule has 4 nitrogen and oxygen atoms in total. The summed E-state index contributed by atoms with van der Waals surface area (Å²) < 4.78 is 0. The minimum absolute atomic E-state index is 0.151. The van der Waals surface area contributed by atoms with Crippen LogP contribution in [0, 0.1) is 5.41 Å². The molecule has 1 N–H and O–H groups in total. The Morgan fingerprint density at radius 3 is 2.50 bits per heavy atom. The molecule has 0 unspecified atom stereocenters. The predicted molar refractivity (Wildman–Crippen MR) is 95.2 cm³/mol. The molecular weight excluding hydrogens is 302 g/mol. The van der Waals surface area contributed by atoms with E-state index < -0.39 is 5.97 Å². The lowest BCUT2D eigenvalue weighted by atomic mass is 9.76. The highest BCUT2D eigenvalue weighted by atomic mass is 16.4. The number of likely N-dealkylation sites (tertiary alicyclic amines) is 1. The summed E-state index contributed by atoms with van der Waals surface area (Å²) in [7, 11) is 0. The Morgan fingerprint density at radius 2 is 1.83 bits per heavy atom. The average Bonchev–Trinajstić information content (AvgIpc) is 2.83. The fraction of sp³-hybridized carbons (Fsp3) is 0.600. The summed E-state index contributed by atoms with van der Waals surface area (Å²) in [6, 6.07) is 6.96. The molecule has 0 aliphatic carbocycles. The summed E-state index contributed by atoms with van der Waals surface area (Å²) in [4.78, 5) is 25.8. The quantitative estimate of drug-likeness (QED) is 0.852. The van der Waals surface area contributed by atoms with Gasteiger partial charge >= 0.3 is 5.97 Å². The van der Waals surface area contributed by atoms with Crippen molar-refractivity contribution in [3.63, 3.8) is 0 Å². The number of carboxylic acids is 1. The van der Waals surface area contributed by atoms with E-state index >= 15 is 0 Å². The van der Waals surface area contributed by atoms with Crippen molar-refractivity contribution >= 4 is 11.9 Å². The molecule has 0 radical (unpaired) electrons. The molecule has 0 aromatic heterocycles. The predicted octanol–water partition coefficient (Wildman–Crippen LogP) is 4.14. The van der Waals surface area contributed by atoms with Crippen molar-refractivity contribution in [1.82, 2.24) is 4.90 Å². The van der Waals surface area contributed by atoms with Crippen LogP contribution >= 0.6 is 0 Å². The molecule has 0 spiro atoms. The molecule has 1 saturated heterocycles. The second kappa shape index (κ2) is 8.32. The van der Waals surface area contributed by atoms with E-state index in [9.17, 15) is 14.7 Å². The van der Waals surface area contributed by atoms with E-state index in [0.29, 0.717) is 23.8 Å². The number of amides is 1. The van der Waals surface area contributed by atoms with Crippen molar-refractivity contribution in [2.75, 3.05) is 13.1 Å². The lowest BCUT2D eigenvalue weighted by molar-refractivity contribution is -0.131. The van der Waals surface area contributed by atoms with Crippen LogP contribution in [0.4, 0.5) is 0 Å². The van der Waals surface area contributed by atoms with Gasteiger partial charge in [-0.25, -0.2) is 4.79 Å². The van der Waals surface area contributed by atoms with Gasteiger partial charge in [-0.05, 0) is 42.7 Å². The number of carboxylic acid groups (broad SMARTS) is 1. The van der Waals surface area contributed by atoms with Crippen molar-refractivity contribution in [3.8, 4) is 0 Å². The summed E-state index contributed by atoms with van der Waals surface area (Å²) in [6.07, 6.45) is 6.58. The first-order valence-electron chi connectivity index (χ1n) is 9.10. The van der Waals surface area contributed by atoms with Crippen LogP contribution in [0.15, 0.2) is 24.3 Å². The molecular formula is C20H29NO3. The minimum atomic E-state index is -0.927. The lowest BCUT2D eigenvalue weighted by Gasteiger charge is -2.30. The summed E-state index contributed by atoms with van der Waals surface area (Å²) in [5.74, 6) is -0.776. The first-order chi connectivity index (χ1) is 11.5. The Labute approximate surface area is 144 Å². The topological polar surface area (TPSA) is 57.6 Å². The number of hydrogen-bond acceptors (Lipinski definition) is 2. The van der Waals surface area contributed by atoms with Crippen LogP contribution in [0.1, 0.15) is 68.3 Å². The first-order valence-corrected chi connectivity index (χ1v) is 9.10. The Hall–Kier alpha value is -1.84. The van der Waals surface area contributed by atoms with Gasteiger partial charge in [0.25, 0.3) is 0 Å². The van der Waals surface area contributed by atoms with Crippen LogP contribution in [-0.4, -0.2) is 35.0 Å². The third-order valence-corrected chi connectivity index (χ3v) is 5.76. The highest BCUT2D eigenvalue weighted by molar-refractivity contribution is 5.89. The van der Waals surface area contributed by atoms with Gasteiger partial charge in [0, 0.05) is 19.5 Å². The molecule has 1 aliphatic heterocycles. The van der Waals surface area contributed by atoms with Crippen LogP contribution in [-0.2, 0) is 11.2 Å². The fourth-order valence-electron chi connectivity index (χ4n) is 3.81. The molecule has 0 atom stereocenters. The first kappa shape index (κ1) is 18.5. The molecule has 1 aromatic rings. The number of aryl methyl sites for hydroxylation is 1. The van der Waals surface area contributed by atoms with Crippen molar-refractivity contribution in [3.05, 3.63) is 35.4 Å². The molecule has 2 rings (SSSR count). The molecule has 0 saturated carbocycles. The van der Waals surface area contributed by atoms with Crippen LogP contribution in [0.3, 0.4) is 0 Å². The Bertz CT molecular complexity index is 578. The lowest BCUT2D eigenvalue weighted by Crippen LogP contribution is -2.33. The maximum atomic E-state index is 12.6. The highest BCUT2D eigenvalue weighted by Gasteiger charge is 2.30. The van der Waals surface area contributed by atoms with Gasteiger partial charge in [0.1, 0.15) is 0 Å². The number of benzene rings is 1. The van der Waals surface area contributed by atoms with Crippen LogP contribution in [0.5, 0.6) is 0 Å². The van der Waals surface area contributed by atoms with Gasteiger partial charge in [-0.15, -0.1) is 0 Å². The smallest absolute Gasteiger partial charge is 0.335 e. The van der Waals surface area contributed by atoms with Crippen molar-refractivity contribution < 1.29 is 14.7 Å². The zero-order valence-electron chi connectivity index (χ0n) is 14.9. The van der Waals surface area contributed by atoms with E-state index in [2.05, 4.69) is 13.8 Å². The van der Waals surface area contributed by atoms with Gasteiger partial charge < -0.3 is 10.0 Å². The van der Waals surface area contributed by atoms with Crippen molar-refractivity contribution in [2.24, 2.45) is 5.41 Å². The maximum absolute atomic E-state index is 12.6. The van der Waals surface area contributed by atoms with E-state index in [1.165, 1.54) is 19.3 Å². The van der Waals surface area contributed by atoms with E-state index in [-0.39, 0.29) is 5.91 Å². The van der Waals surface area contributed by atoms with E-state index in [4.69, 9.17) is 0 Å². The zero-order chi connectivity index (χ0) is 17.6. The van der Waals surface area contributed by atoms with Crippen LogP contribution in [0.25, 0.3) is 0 Å². The molecule has 1 heterocycles. The van der Waals surface area contributed by atoms with Gasteiger partial charge in [0.05, 0.1) is 5.56 Å². The highest BCUT2D eigenvalue weighted by Crippen LogP contribution is 2.37. The fourth-order valence-corrected chi connectivity index (χ4v) is 3.81. The second-order valence-corrected chi connectivity index (χ2v) is 6.90. The third kappa shape index (κ3) is 4.37. The summed E-state index contributed by atoms with van der Waals surface area (Å²) >= 11 is 0. The molecule has 1 aliphatic rings. The van der Waals surface area contributed by atoms with Crippen LogP contribution < -0.4 is 0 Å². The van der Waals surface area contributed by atoms with Gasteiger partial charge in [-0.1, -0.05) is 44.9 Å². The maximum Gasteiger partial charge on any atom is 0.335 e. The summed E-state index contributed by atoms with van der Waals surface area (Å²) in [5, 5.41) is 9.23. The number of carbonyl (C=O) groups excluding carboxylic acids is 1. The number of aromatic carboxylic acids is 1. The Balaban J connectivity index is 1.95. The molecule has 1 amide bonds. The molecule has 1 fully saturated rings. The van der Waals surface area contributed by atoms with E-state index in [1.807, 2.05) is 11.0 Å². The van der Waals surface area contributed by atoms with Gasteiger partial charge in [-0.2, -0.15) is 0 Å². The Morgan fingerprint density at radius 1 is 1.12 bits per heavy atom. The number of hydrogen-bond donors (Lipinski definition) is 1. The van der Waals surface area contributed by atoms with Crippen molar-refractivity contribution in [2.45, 2.75) is 58.8 Å². The third-order valence-electron chi connectivity index (χ3n) is 5.76. The van der Waals surface area contributed by atoms with Gasteiger partial charge in [-0.3, -0.25) is 4.79 Å². The normalized spacial score (nSPS) is 17.3. The van der Waals surface area contributed by atoms with E-state index in [1.54, 1.807) is 18.2 Å².